The van der Waals surface area contributed by atoms with E-state index in [-0.39, 0.29) is 6.23 Å². The van der Waals surface area contributed by atoms with E-state index in [1.165, 1.54) is 0 Å². The van der Waals surface area contributed by atoms with Crippen LogP contribution >= 0.6 is 0 Å². The molecule has 0 amide bonds. The molecule has 1 radical (unpaired) electrons. The molecule has 1 unspecified atom stereocenters. The molecule has 1 fully saturated rings. The van der Waals surface area contributed by atoms with E-state index < -0.39 is 0 Å². The van der Waals surface area contributed by atoms with E-state index in [0.29, 0.717) is 0 Å². The van der Waals surface area contributed by atoms with Gasteiger partial charge >= 0.3 is 0 Å². The fourth-order valence-corrected chi connectivity index (χ4v) is 0.835. The number of ether oxygens (including phenoxy) is 1. The second kappa shape index (κ2) is 1.84. The lowest BCUT2D eigenvalue weighted by Crippen LogP contribution is -2.24. The summed E-state index contributed by atoms with van der Waals surface area (Å²) in [6.07, 6.45) is 5.85. The highest BCUT2D eigenvalue weighted by Gasteiger charge is 2.19. The van der Waals surface area contributed by atoms with Gasteiger partial charge in [-0.3, -0.25) is 0 Å². The fourth-order valence-electron chi connectivity index (χ4n) is 0.835. The Labute approximate surface area is 53.2 Å². The van der Waals surface area contributed by atoms with Gasteiger partial charge in [0.15, 0.2) is 6.23 Å². The van der Waals surface area contributed by atoms with E-state index in [0.717, 1.165) is 13.0 Å². The van der Waals surface area contributed by atoms with Gasteiger partial charge in [0.25, 0.3) is 0 Å². The lowest BCUT2D eigenvalue weighted by molar-refractivity contribution is -0.106. The lowest BCUT2D eigenvalue weighted by atomic mass is 10.3. The summed E-state index contributed by atoms with van der Waals surface area (Å²) in [4.78, 5) is 0. The van der Waals surface area contributed by atoms with Crippen molar-refractivity contribution < 1.29 is 4.74 Å². The molecule has 0 aromatic carbocycles. The van der Waals surface area contributed by atoms with Crippen LogP contribution in [0.2, 0.25) is 0 Å². The van der Waals surface area contributed by atoms with Crippen molar-refractivity contribution in [2.75, 3.05) is 6.61 Å². The Morgan fingerprint density at radius 1 is 1.78 bits per heavy atom. The van der Waals surface area contributed by atoms with Gasteiger partial charge in [-0.25, -0.2) is 4.68 Å². The molecule has 2 heterocycles. The minimum atomic E-state index is 0.191. The summed E-state index contributed by atoms with van der Waals surface area (Å²) in [7, 11) is 0. The van der Waals surface area contributed by atoms with Gasteiger partial charge in [-0.2, -0.15) is 5.10 Å². The standard InChI is InChI=1S/C6H7N2O/c1-3-7-8(4-1)6-2-5-9-6/h1,4,6H,2,5H2. The monoisotopic (exact) mass is 123 g/mol. The third-order valence-electron chi connectivity index (χ3n) is 1.45. The summed E-state index contributed by atoms with van der Waals surface area (Å²) in [5.41, 5.74) is 0. The summed E-state index contributed by atoms with van der Waals surface area (Å²) in [5.74, 6) is 0. The smallest absolute Gasteiger partial charge is 0.152 e. The molecule has 1 saturated heterocycles. The Balaban J connectivity index is 2.14. The molecule has 3 heteroatoms. The van der Waals surface area contributed by atoms with Crippen molar-refractivity contribution in [2.24, 2.45) is 0 Å². The van der Waals surface area contributed by atoms with Crippen LogP contribution < -0.4 is 0 Å². The molecule has 9 heavy (non-hydrogen) atoms. The van der Waals surface area contributed by atoms with E-state index in [2.05, 4.69) is 11.3 Å². The largest absolute Gasteiger partial charge is 0.356 e. The topological polar surface area (TPSA) is 27.1 Å². The molecule has 2 rings (SSSR count). The van der Waals surface area contributed by atoms with Gasteiger partial charge in [0.05, 0.1) is 6.61 Å². The average Bonchev–Trinajstić information content (AvgIpc) is 2.11. The van der Waals surface area contributed by atoms with Crippen LogP contribution in [0, 0.1) is 6.20 Å². The molecule has 0 aliphatic carbocycles. The molecule has 0 N–H and O–H groups in total. The number of nitrogens with zero attached hydrogens (tertiary/aromatic N) is 2. The van der Waals surface area contributed by atoms with Gasteiger partial charge in [0.2, 0.25) is 0 Å². The van der Waals surface area contributed by atoms with E-state index >= 15 is 0 Å². The first kappa shape index (κ1) is 4.99. The molecule has 0 spiro atoms. The van der Waals surface area contributed by atoms with E-state index in [9.17, 15) is 0 Å². The van der Waals surface area contributed by atoms with E-state index in [4.69, 9.17) is 4.74 Å². The van der Waals surface area contributed by atoms with Crippen LogP contribution in [0.15, 0.2) is 12.3 Å². The highest BCUT2D eigenvalue weighted by Crippen LogP contribution is 2.20. The summed E-state index contributed by atoms with van der Waals surface area (Å²) >= 11 is 0. The summed E-state index contributed by atoms with van der Waals surface area (Å²) in [6, 6.07) is 1.78. The molecule has 3 nitrogen and oxygen atoms in total. The lowest BCUT2D eigenvalue weighted by Gasteiger charge is -2.26. The predicted octanol–water partition coefficient (Wildman–Crippen LogP) is 0.602. The number of hydrogen-bond donors (Lipinski definition) is 0. The van der Waals surface area contributed by atoms with Crippen molar-refractivity contribution >= 4 is 0 Å². The van der Waals surface area contributed by atoms with Gasteiger partial charge in [-0.05, 0) is 6.07 Å². The van der Waals surface area contributed by atoms with Gasteiger partial charge in [-0.1, -0.05) is 0 Å². The first-order chi connectivity index (χ1) is 4.47. The quantitative estimate of drug-likeness (QED) is 0.546. The molecule has 1 aliphatic heterocycles. The first-order valence-corrected chi connectivity index (χ1v) is 2.99. The van der Waals surface area contributed by atoms with Crippen molar-refractivity contribution in [1.29, 1.82) is 0 Å². The third-order valence-corrected chi connectivity index (χ3v) is 1.45. The summed E-state index contributed by atoms with van der Waals surface area (Å²) in [5, 5.41) is 3.90. The fraction of sp³-hybridized carbons (Fsp3) is 0.500. The Bertz CT molecular complexity index is 179. The van der Waals surface area contributed by atoms with Crippen molar-refractivity contribution in [3.05, 3.63) is 18.5 Å². The second-order valence-electron chi connectivity index (χ2n) is 2.04. The second-order valence-corrected chi connectivity index (χ2v) is 2.04. The highest BCUT2D eigenvalue weighted by atomic mass is 16.5. The van der Waals surface area contributed by atoms with Crippen LogP contribution in [0.1, 0.15) is 12.6 Å². The van der Waals surface area contributed by atoms with Gasteiger partial charge < -0.3 is 4.74 Å². The Kier molecular flexibility index (Phi) is 1.02. The molecular formula is C6H7N2O. The zero-order valence-electron chi connectivity index (χ0n) is 4.95. The molecule has 1 aromatic heterocycles. The zero-order valence-corrected chi connectivity index (χ0v) is 4.95. The van der Waals surface area contributed by atoms with Gasteiger partial charge in [-0.15, -0.1) is 0 Å². The van der Waals surface area contributed by atoms with Gasteiger partial charge in [0, 0.05) is 12.6 Å². The maximum atomic E-state index is 5.16. The maximum absolute atomic E-state index is 5.16. The van der Waals surface area contributed by atoms with Crippen molar-refractivity contribution in [2.45, 2.75) is 12.6 Å². The summed E-state index contributed by atoms with van der Waals surface area (Å²) < 4.78 is 6.94. The minimum Gasteiger partial charge on any atom is -0.356 e. The summed E-state index contributed by atoms with van der Waals surface area (Å²) in [6.45, 7) is 0.866. The molecule has 1 aromatic rings. The third kappa shape index (κ3) is 0.733. The molecule has 1 atom stereocenters. The highest BCUT2D eigenvalue weighted by molar-refractivity contribution is 4.79. The van der Waals surface area contributed by atoms with Crippen LogP contribution in [0.3, 0.4) is 0 Å². The van der Waals surface area contributed by atoms with Gasteiger partial charge in [0.1, 0.15) is 6.20 Å². The van der Waals surface area contributed by atoms with Crippen LogP contribution in [-0.4, -0.2) is 16.4 Å². The number of aromatic nitrogens is 2. The van der Waals surface area contributed by atoms with Crippen molar-refractivity contribution in [3.8, 4) is 0 Å². The first-order valence-electron chi connectivity index (χ1n) is 2.99. The van der Waals surface area contributed by atoms with Crippen molar-refractivity contribution in [3.63, 3.8) is 0 Å². The van der Waals surface area contributed by atoms with Crippen molar-refractivity contribution in [1.82, 2.24) is 9.78 Å². The molecule has 1 aliphatic rings. The molecule has 47 valence electrons. The Hall–Kier alpha value is -0.830. The normalized spacial score (nSPS) is 25.6. The van der Waals surface area contributed by atoms with Crippen LogP contribution in [-0.2, 0) is 4.74 Å². The van der Waals surface area contributed by atoms with Crippen LogP contribution in [0.4, 0.5) is 0 Å². The minimum absolute atomic E-state index is 0.191. The SMILES string of the molecule is [c]1ccn(C2CCO2)n1. The average molecular weight is 123 g/mol. The maximum Gasteiger partial charge on any atom is 0.152 e. The van der Waals surface area contributed by atoms with Crippen LogP contribution in [0.25, 0.3) is 0 Å². The molecular weight excluding hydrogens is 116 g/mol. The molecule has 0 saturated carbocycles. The van der Waals surface area contributed by atoms with E-state index in [1.807, 2.05) is 6.20 Å². The Morgan fingerprint density at radius 3 is 3.11 bits per heavy atom. The molecule has 0 bridgehead atoms. The number of rotatable bonds is 1. The predicted molar refractivity (Wildman–Crippen MR) is 30.7 cm³/mol. The van der Waals surface area contributed by atoms with Crippen LogP contribution in [0.5, 0.6) is 0 Å². The van der Waals surface area contributed by atoms with E-state index in [1.54, 1.807) is 10.7 Å². The Morgan fingerprint density at radius 2 is 2.67 bits per heavy atom. The zero-order chi connectivity index (χ0) is 6.10. The number of hydrogen-bond acceptors (Lipinski definition) is 2.